The number of ether oxygens (including phenoxy) is 1. The summed E-state index contributed by atoms with van der Waals surface area (Å²) in [5, 5.41) is 9.83. The molecule has 0 aromatic carbocycles. The maximum Gasteiger partial charge on any atom is 0.334 e. The van der Waals surface area contributed by atoms with Crippen LogP contribution in [0.5, 0.6) is 0 Å². The summed E-state index contributed by atoms with van der Waals surface area (Å²) in [5.74, 6) is 1.03. The summed E-state index contributed by atoms with van der Waals surface area (Å²) >= 11 is 0. The van der Waals surface area contributed by atoms with E-state index in [9.17, 15) is 9.90 Å². The van der Waals surface area contributed by atoms with Gasteiger partial charge in [0.05, 0.1) is 19.3 Å². The molecule has 0 spiro atoms. The number of likely N-dealkylation sites (tertiary alicyclic amines) is 1. The molecule has 6 heteroatoms. The molecular formula is C14H22N2O4. The number of aliphatic hydroxyl groups excluding tert-OH is 1. The van der Waals surface area contributed by atoms with Crippen molar-refractivity contribution in [2.24, 2.45) is 5.92 Å². The summed E-state index contributed by atoms with van der Waals surface area (Å²) in [6.07, 6.45) is 0.539. The molecule has 0 saturated carbocycles. The number of rotatable bonds is 4. The molecule has 1 saturated heterocycles. The second kappa shape index (κ2) is 6.37. The van der Waals surface area contributed by atoms with E-state index >= 15 is 0 Å². The van der Waals surface area contributed by atoms with Crippen LogP contribution < -0.4 is 0 Å². The Morgan fingerprint density at radius 2 is 2.15 bits per heavy atom. The molecule has 1 aromatic rings. The van der Waals surface area contributed by atoms with E-state index in [0.29, 0.717) is 6.54 Å². The van der Waals surface area contributed by atoms with Crippen LogP contribution in [0.4, 0.5) is 0 Å². The third-order valence-electron chi connectivity index (χ3n) is 3.95. The smallest absolute Gasteiger partial charge is 0.334 e. The van der Waals surface area contributed by atoms with Crippen LogP contribution in [0.25, 0.3) is 0 Å². The van der Waals surface area contributed by atoms with Gasteiger partial charge in [0.1, 0.15) is 5.76 Å². The third-order valence-corrected chi connectivity index (χ3v) is 3.95. The Bertz CT molecular complexity index is 444. The van der Waals surface area contributed by atoms with Crippen molar-refractivity contribution in [1.82, 2.24) is 9.88 Å². The molecule has 0 unspecified atom stereocenters. The second-order valence-corrected chi connectivity index (χ2v) is 5.33. The lowest BCUT2D eigenvalue weighted by Crippen LogP contribution is -2.40. The van der Waals surface area contributed by atoms with Gasteiger partial charge >= 0.3 is 5.97 Å². The summed E-state index contributed by atoms with van der Waals surface area (Å²) in [7, 11) is 1.30. The number of carbonyl (C=O) groups is 1. The van der Waals surface area contributed by atoms with E-state index in [4.69, 9.17) is 4.42 Å². The summed E-state index contributed by atoms with van der Waals surface area (Å²) in [6, 6.07) is 0. The number of aryl methyl sites for hydroxylation is 2. The number of hydrogen-bond donors (Lipinski definition) is 1. The monoisotopic (exact) mass is 282 g/mol. The number of carbonyl (C=O) groups excluding carboxylic acids is 1. The Labute approximate surface area is 118 Å². The SMILES string of the molecule is COC(=O)[C@@H](O)C1CCN(Cc2nc(C)c(C)o2)CC1. The standard InChI is InChI=1S/C14H22N2O4/c1-9-10(2)20-12(15-9)8-16-6-4-11(5-7-16)13(17)14(18)19-3/h11,13,17H,4-8H2,1-3H3/t13-/m0/s1. The molecule has 0 amide bonds. The molecule has 1 aromatic heterocycles. The Hall–Kier alpha value is -1.40. The Morgan fingerprint density at radius 1 is 1.50 bits per heavy atom. The van der Waals surface area contributed by atoms with Gasteiger partial charge in [-0.25, -0.2) is 9.78 Å². The number of oxazole rings is 1. The first-order chi connectivity index (χ1) is 9.51. The van der Waals surface area contributed by atoms with Gasteiger partial charge in [-0.05, 0) is 45.7 Å². The Morgan fingerprint density at radius 3 is 2.65 bits per heavy atom. The molecule has 0 radical (unpaired) electrons. The minimum atomic E-state index is -1.01. The highest BCUT2D eigenvalue weighted by Gasteiger charge is 2.30. The third kappa shape index (κ3) is 3.37. The van der Waals surface area contributed by atoms with Gasteiger partial charge in [-0.3, -0.25) is 4.90 Å². The summed E-state index contributed by atoms with van der Waals surface area (Å²) in [6.45, 7) is 6.15. The van der Waals surface area contributed by atoms with E-state index in [1.807, 2.05) is 13.8 Å². The van der Waals surface area contributed by atoms with Gasteiger partial charge in [0, 0.05) is 0 Å². The first-order valence-corrected chi connectivity index (χ1v) is 6.92. The van der Waals surface area contributed by atoms with E-state index < -0.39 is 12.1 Å². The molecule has 0 aliphatic carbocycles. The van der Waals surface area contributed by atoms with Gasteiger partial charge in [-0.15, -0.1) is 0 Å². The molecule has 0 bridgehead atoms. The summed E-state index contributed by atoms with van der Waals surface area (Å²) < 4.78 is 10.1. The predicted octanol–water partition coefficient (Wildman–Crippen LogP) is 1.04. The van der Waals surface area contributed by atoms with Gasteiger partial charge in [0.15, 0.2) is 6.10 Å². The molecular weight excluding hydrogens is 260 g/mol. The van der Waals surface area contributed by atoms with Crippen molar-refractivity contribution in [2.75, 3.05) is 20.2 Å². The lowest BCUT2D eigenvalue weighted by atomic mass is 9.91. The number of hydrogen-bond acceptors (Lipinski definition) is 6. The van der Waals surface area contributed by atoms with Crippen molar-refractivity contribution in [1.29, 1.82) is 0 Å². The van der Waals surface area contributed by atoms with Crippen molar-refractivity contribution in [3.63, 3.8) is 0 Å². The molecule has 1 N–H and O–H groups in total. The van der Waals surface area contributed by atoms with E-state index in [-0.39, 0.29) is 5.92 Å². The average molecular weight is 282 g/mol. The lowest BCUT2D eigenvalue weighted by Gasteiger charge is -2.32. The van der Waals surface area contributed by atoms with Gasteiger partial charge in [0.25, 0.3) is 0 Å². The van der Waals surface area contributed by atoms with Gasteiger partial charge in [-0.2, -0.15) is 0 Å². The maximum atomic E-state index is 11.3. The van der Waals surface area contributed by atoms with Crippen LogP contribution in [-0.4, -0.2) is 47.3 Å². The maximum absolute atomic E-state index is 11.3. The average Bonchev–Trinajstić information content (AvgIpc) is 2.76. The van der Waals surface area contributed by atoms with Crippen LogP contribution in [0.2, 0.25) is 0 Å². The highest BCUT2D eigenvalue weighted by molar-refractivity contribution is 5.74. The molecule has 2 rings (SSSR count). The van der Waals surface area contributed by atoms with Crippen molar-refractivity contribution in [2.45, 2.75) is 39.3 Å². The molecule has 112 valence electrons. The number of piperidine rings is 1. The van der Waals surface area contributed by atoms with Gasteiger partial charge in [0.2, 0.25) is 5.89 Å². The van der Waals surface area contributed by atoms with Crippen molar-refractivity contribution in [3.05, 3.63) is 17.3 Å². The molecule has 1 fully saturated rings. The zero-order valence-corrected chi connectivity index (χ0v) is 12.3. The summed E-state index contributed by atoms with van der Waals surface area (Å²) in [5.41, 5.74) is 0.927. The molecule has 1 aliphatic heterocycles. The molecule has 2 heterocycles. The summed E-state index contributed by atoms with van der Waals surface area (Å²) in [4.78, 5) is 17.9. The highest BCUT2D eigenvalue weighted by Crippen LogP contribution is 2.23. The fraction of sp³-hybridized carbons (Fsp3) is 0.714. The quantitative estimate of drug-likeness (QED) is 0.832. The minimum absolute atomic E-state index is 0.0215. The van der Waals surface area contributed by atoms with E-state index in [1.165, 1.54) is 7.11 Å². The first kappa shape index (κ1) is 15.0. The molecule has 6 nitrogen and oxygen atoms in total. The van der Waals surface area contributed by atoms with Crippen molar-refractivity contribution in [3.8, 4) is 0 Å². The van der Waals surface area contributed by atoms with Crippen molar-refractivity contribution < 1.29 is 19.1 Å². The number of aliphatic hydroxyl groups is 1. The van der Waals surface area contributed by atoms with E-state index in [0.717, 1.165) is 43.3 Å². The van der Waals surface area contributed by atoms with Crippen LogP contribution in [0.3, 0.4) is 0 Å². The highest BCUT2D eigenvalue weighted by atomic mass is 16.5. The second-order valence-electron chi connectivity index (χ2n) is 5.33. The fourth-order valence-corrected chi connectivity index (χ4v) is 2.54. The predicted molar refractivity (Wildman–Crippen MR) is 72.0 cm³/mol. The van der Waals surface area contributed by atoms with Gasteiger partial charge < -0.3 is 14.3 Å². The number of aromatic nitrogens is 1. The Balaban J connectivity index is 1.83. The fourth-order valence-electron chi connectivity index (χ4n) is 2.54. The number of esters is 1. The van der Waals surface area contributed by atoms with Crippen LogP contribution in [-0.2, 0) is 16.1 Å². The number of methoxy groups -OCH3 is 1. The number of nitrogens with zero attached hydrogens (tertiary/aromatic N) is 2. The first-order valence-electron chi connectivity index (χ1n) is 6.92. The normalized spacial score (nSPS) is 19.0. The Kier molecular flexibility index (Phi) is 4.77. The van der Waals surface area contributed by atoms with Crippen LogP contribution in [0.15, 0.2) is 4.42 Å². The van der Waals surface area contributed by atoms with Crippen LogP contribution in [0, 0.1) is 19.8 Å². The molecule has 1 aliphatic rings. The van der Waals surface area contributed by atoms with Crippen molar-refractivity contribution >= 4 is 5.97 Å². The van der Waals surface area contributed by atoms with E-state index in [2.05, 4.69) is 14.6 Å². The van der Waals surface area contributed by atoms with Crippen LogP contribution in [0.1, 0.15) is 30.2 Å². The van der Waals surface area contributed by atoms with Gasteiger partial charge in [-0.1, -0.05) is 0 Å². The lowest BCUT2D eigenvalue weighted by molar-refractivity contribution is -0.154. The largest absolute Gasteiger partial charge is 0.467 e. The molecule has 20 heavy (non-hydrogen) atoms. The topological polar surface area (TPSA) is 75.8 Å². The van der Waals surface area contributed by atoms with Crippen LogP contribution >= 0.6 is 0 Å². The molecule has 1 atom stereocenters. The van der Waals surface area contributed by atoms with E-state index in [1.54, 1.807) is 0 Å². The zero-order chi connectivity index (χ0) is 14.7. The minimum Gasteiger partial charge on any atom is -0.467 e. The zero-order valence-electron chi connectivity index (χ0n) is 12.3.